The lowest BCUT2D eigenvalue weighted by Crippen LogP contribution is -2.45. The zero-order chi connectivity index (χ0) is 20.1. The number of allylic oxidation sites excluding steroid dienone is 1. The van der Waals surface area contributed by atoms with Crippen LogP contribution in [0.15, 0.2) is 23.9 Å². The van der Waals surface area contributed by atoms with Crippen molar-refractivity contribution in [1.82, 2.24) is 9.80 Å². The summed E-state index contributed by atoms with van der Waals surface area (Å²) in [5.41, 5.74) is 1.71. The lowest BCUT2D eigenvalue weighted by atomic mass is 9.84. The first-order chi connectivity index (χ1) is 13.6. The molecule has 0 unspecified atom stereocenters. The first-order valence-corrected chi connectivity index (χ1v) is 10.3. The molecule has 4 rings (SSSR count). The van der Waals surface area contributed by atoms with Crippen LogP contribution in [0.25, 0.3) is 6.08 Å². The number of likely N-dealkylation sites (N-methyl/N-ethyl adjacent to an activating group) is 1. The topological polar surface area (TPSA) is 59.1 Å². The molecule has 6 heteroatoms. The van der Waals surface area contributed by atoms with E-state index in [9.17, 15) is 9.59 Å². The normalized spacial score (nSPS) is 17.9. The van der Waals surface area contributed by atoms with E-state index in [-0.39, 0.29) is 24.2 Å². The van der Waals surface area contributed by atoms with Crippen LogP contribution in [0.1, 0.15) is 39.2 Å². The van der Waals surface area contributed by atoms with Crippen LogP contribution in [0.3, 0.4) is 0 Å². The van der Waals surface area contributed by atoms with Crippen molar-refractivity contribution in [3.8, 4) is 11.5 Å². The third-order valence-corrected chi connectivity index (χ3v) is 5.50. The molecule has 3 aliphatic rings. The van der Waals surface area contributed by atoms with Crippen LogP contribution in [0.4, 0.5) is 0 Å². The van der Waals surface area contributed by atoms with Crippen LogP contribution in [0, 0.1) is 5.92 Å². The van der Waals surface area contributed by atoms with Crippen molar-refractivity contribution in [2.75, 3.05) is 39.4 Å². The van der Waals surface area contributed by atoms with Gasteiger partial charge in [0, 0.05) is 32.1 Å². The molecule has 1 aromatic rings. The van der Waals surface area contributed by atoms with Crippen LogP contribution in [-0.4, -0.2) is 60.9 Å². The van der Waals surface area contributed by atoms with Gasteiger partial charge < -0.3 is 19.3 Å². The predicted octanol–water partition coefficient (Wildman–Crippen LogP) is 2.97. The van der Waals surface area contributed by atoms with E-state index < -0.39 is 0 Å². The van der Waals surface area contributed by atoms with Gasteiger partial charge in [-0.15, -0.1) is 0 Å². The fourth-order valence-corrected chi connectivity index (χ4v) is 3.88. The average Bonchev–Trinajstić information content (AvgIpc) is 2.71. The Morgan fingerprint density at radius 1 is 1.14 bits per heavy atom. The highest BCUT2D eigenvalue weighted by atomic mass is 16.5. The Morgan fingerprint density at radius 3 is 2.46 bits per heavy atom. The number of Topliss-reactive ketones (excluding diaryl/α,β-unsaturated/α-hetero) is 1. The molecule has 0 saturated carbocycles. The van der Waals surface area contributed by atoms with Gasteiger partial charge in [-0.1, -0.05) is 6.07 Å². The van der Waals surface area contributed by atoms with E-state index in [0.717, 1.165) is 37.2 Å². The average molecular weight is 386 g/mol. The van der Waals surface area contributed by atoms with Gasteiger partial charge in [0.2, 0.25) is 0 Å². The molecule has 0 aliphatic carbocycles. The van der Waals surface area contributed by atoms with Crippen molar-refractivity contribution < 1.29 is 19.1 Å². The summed E-state index contributed by atoms with van der Waals surface area (Å²) in [7, 11) is 0. The Morgan fingerprint density at radius 2 is 1.86 bits per heavy atom. The van der Waals surface area contributed by atoms with Crippen molar-refractivity contribution in [3.05, 3.63) is 29.5 Å². The van der Waals surface area contributed by atoms with Crippen LogP contribution < -0.4 is 9.47 Å². The molecule has 1 amide bonds. The van der Waals surface area contributed by atoms with Gasteiger partial charge in [0.1, 0.15) is 0 Å². The number of benzene rings is 1. The summed E-state index contributed by atoms with van der Waals surface area (Å²) in [6, 6.07) is 5.60. The van der Waals surface area contributed by atoms with Crippen molar-refractivity contribution in [2.24, 2.45) is 5.92 Å². The molecule has 3 saturated heterocycles. The molecule has 0 aromatic heterocycles. The summed E-state index contributed by atoms with van der Waals surface area (Å²) in [5, 5.41) is 0. The second kappa shape index (κ2) is 9.13. The summed E-state index contributed by atoms with van der Waals surface area (Å²) >= 11 is 0. The largest absolute Gasteiger partial charge is 0.490 e. The van der Waals surface area contributed by atoms with Gasteiger partial charge in [0.15, 0.2) is 23.9 Å². The predicted molar refractivity (Wildman–Crippen MR) is 108 cm³/mol. The molecule has 3 aliphatic heterocycles. The third-order valence-electron chi connectivity index (χ3n) is 5.50. The molecule has 152 valence electrons. The molecule has 3 heterocycles. The quantitative estimate of drug-likeness (QED) is 0.643. The minimum Gasteiger partial charge on any atom is -0.490 e. The van der Waals surface area contributed by atoms with E-state index >= 15 is 0 Å². The minimum atomic E-state index is -0.0460. The zero-order valence-corrected chi connectivity index (χ0v) is 17.1. The van der Waals surface area contributed by atoms with Gasteiger partial charge in [0.05, 0.1) is 12.3 Å². The molecule has 6 nitrogen and oxygen atoms in total. The minimum absolute atomic E-state index is 0.0177. The molecule has 0 radical (unpaired) electrons. The molecule has 2 bridgehead atoms. The van der Waals surface area contributed by atoms with Crippen molar-refractivity contribution in [3.63, 3.8) is 0 Å². The fourth-order valence-electron chi connectivity index (χ4n) is 3.88. The second-order valence-electron chi connectivity index (χ2n) is 7.15. The lowest BCUT2D eigenvalue weighted by molar-refractivity contribution is -0.133. The van der Waals surface area contributed by atoms with Crippen LogP contribution in [-0.2, 0) is 9.59 Å². The molecule has 28 heavy (non-hydrogen) atoms. The van der Waals surface area contributed by atoms with Gasteiger partial charge in [-0.25, -0.2) is 0 Å². The number of piperidine rings is 3. The van der Waals surface area contributed by atoms with Crippen molar-refractivity contribution >= 4 is 17.8 Å². The van der Waals surface area contributed by atoms with E-state index in [2.05, 4.69) is 4.90 Å². The molecular formula is C22H30N2O4. The Balaban J connectivity index is 1.76. The van der Waals surface area contributed by atoms with Gasteiger partial charge in [-0.2, -0.15) is 0 Å². The van der Waals surface area contributed by atoms with Crippen molar-refractivity contribution in [2.45, 2.75) is 33.6 Å². The summed E-state index contributed by atoms with van der Waals surface area (Å²) < 4.78 is 11.5. The molecule has 0 atom stereocenters. The lowest BCUT2D eigenvalue weighted by Gasteiger charge is -2.41. The van der Waals surface area contributed by atoms with Gasteiger partial charge >= 0.3 is 0 Å². The Labute approximate surface area is 167 Å². The maximum Gasteiger partial charge on any atom is 0.260 e. The van der Waals surface area contributed by atoms with E-state index in [1.807, 2.05) is 45.0 Å². The molecule has 1 aromatic carbocycles. The van der Waals surface area contributed by atoms with Gasteiger partial charge in [-0.05, 0) is 57.4 Å². The fraction of sp³-hybridized carbons (Fsp3) is 0.545. The van der Waals surface area contributed by atoms with E-state index in [0.29, 0.717) is 31.2 Å². The van der Waals surface area contributed by atoms with E-state index in [1.165, 1.54) is 0 Å². The smallest absolute Gasteiger partial charge is 0.260 e. The Kier molecular flexibility index (Phi) is 6.60. The number of carbonyl (C=O) groups is 2. The second-order valence-corrected chi connectivity index (χ2v) is 7.15. The van der Waals surface area contributed by atoms with Crippen LogP contribution in [0.5, 0.6) is 11.5 Å². The number of hydrogen-bond acceptors (Lipinski definition) is 5. The van der Waals surface area contributed by atoms with E-state index in [1.54, 1.807) is 4.90 Å². The SMILES string of the molecule is CCOc1cc(/C=C2/C(=O)C3CCN2CC3)ccc1OCC(=O)N(CC)CC. The first-order valence-electron chi connectivity index (χ1n) is 10.3. The number of hydrogen-bond donors (Lipinski definition) is 0. The number of ketones is 1. The number of rotatable bonds is 8. The molecule has 3 fully saturated rings. The number of fused-ring (bicyclic) bond motifs is 3. The van der Waals surface area contributed by atoms with Gasteiger partial charge in [0.25, 0.3) is 5.91 Å². The highest BCUT2D eigenvalue weighted by molar-refractivity contribution is 6.02. The Hall–Kier alpha value is -2.50. The maximum atomic E-state index is 12.6. The van der Waals surface area contributed by atoms with Crippen LogP contribution in [0.2, 0.25) is 0 Å². The number of ether oxygens (including phenoxy) is 2. The monoisotopic (exact) mass is 386 g/mol. The van der Waals surface area contributed by atoms with Crippen molar-refractivity contribution in [1.29, 1.82) is 0 Å². The zero-order valence-electron chi connectivity index (χ0n) is 17.1. The third kappa shape index (κ3) is 4.32. The number of nitrogens with zero attached hydrogens (tertiary/aromatic N) is 2. The summed E-state index contributed by atoms with van der Waals surface area (Å²) in [5.74, 6) is 1.51. The van der Waals surface area contributed by atoms with Crippen LogP contribution >= 0.6 is 0 Å². The number of amides is 1. The van der Waals surface area contributed by atoms with Gasteiger partial charge in [-0.3, -0.25) is 9.59 Å². The summed E-state index contributed by atoms with van der Waals surface area (Å²) in [6.07, 6.45) is 3.88. The molecular weight excluding hydrogens is 356 g/mol. The van der Waals surface area contributed by atoms with E-state index in [4.69, 9.17) is 9.47 Å². The molecule has 0 spiro atoms. The first kappa shape index (κ1) is 20.2. The Bertz CT molecular complexity index is 747. The highest BCUT2D eigenvalue weighted by Crippen LogP contribution is 2.34. The highest BCUT2D eigenvalue weighted by Gasteiger charge is 2.36. The number of carbonyl (C=O) groups excluding carboxylic acids is 2. The standard InChI is InChI=1S/C22H30N2O4/c1-4-23(5-2)21(25)15-28-19-8-7-16(14-20(19)27-6-3)13-18-22(26)17-9-11-24(18)12-10-17/h7-8,13-14,17H,4-6,9-12,15H2,1-3H3/b18-13-. The maximum absolute atomic E-state index is 12.6. The molecule has 0 N–H and O–H groups in total. The summed E-state index contributed by atoms with van der Waals surface area (Å²) in [6.45, 7) is 9.51. The summed E-state index contributed by atoms with van der Waals surface area (Å²) in [4.78, 5) is 28.7.